The van der Waals surface area contributed by atoms with Crippen LogP contribution >= 0.6 is 0 Å². The van der Waals surface area contributed by atoms with Crippen molar-refractivity contribution in [2.75, 3.05) is 26.2 Å². The molecule has 0 saturated carbocycles. The van der Waals surface area contributed by atoms with Crippen molar-refractivity contribution in [1.29, 1.82) is 0 Å². The van der Waals surface area contributed by atoms with Crippen LogP contribution in [0.2, 0.25) is 0 Å². The minimum absolute atomic E-state index is 0.284. The van der Waals surface area contributed by atoms with Crippen molar-refractivity contribution in [1.82, 2.24) is 9.80 Å². The van der Waals surface area contributed by atoms with Gasteiger partial charge in [-0.05, 0) is 39.5 Å². The number of rotatable bonds is 4. The fourth-order valence-electron chi connectivity index (χ4n) is 3.02. The van der Waals surface area contributed by atoms with E-state index < -0.39 is 0 Å². The zero-order valence-electron chi connectivity index (χ0n) is 11.5. The summed E-state index contributed by atoms with van der Waals surface area (Å²) in [6.45, 7) is 9.29. The highest BCUT2D eigenvalue weighted by Crippen LogP contribution is 2.17. The Kier molecular flexibility index (Phi) is 5.26. The SMILES string of the molecule is CC(OC(C)N1CCCCC1)N1CCCCC1. The summed E-state index contributed by atoms with van der Waals surface area (Å²) < 4.78 is 6.18. The van der Waals surface area contributed by atoms with Crippen LogP contribution in [0.1, 0.15) is 52.4 Å². The van der Waals surface area contributed by atoms with Gasteiger partial charge in [0.05, 0.1) is 0 Å². The fourth-order valence-corrected chi connectivity index (χ4v) is 3.02. The molecule has 3 nitrogen and oxygen atoms in total. The predicted molar refractivity (Wildman–Crippen MR) is 70.9 cm³/mol. The van der Waals surface area contributed by atoms with E-state index in [0.717, 1.165) is 0 Å². The minimum Gasteiger partial charge on any atom is -0.345 e. The van der Waals surface area contributed by atoms with Gasteiger partial charge in [0.2, 0.25) is 0 Å². The van der Waals surface area contributed by atoms with E-state index in [1.807, 2.05) is 0 Å². The van der Waals surface area contributed by atoms with Crippen LogP contribution < -0.4 is 0 Å². The molecule has 2 rings (SSSR count). The molecule has 2 aliphatic heterocycles. The lowest BCUT2D eigenvalue weighted by Crippen LogP contribution is -2.46. The summed E-state index contributed by atoms with van der Waals surface area (Å²) in [6, 6.07) is 0. The number of likely N-dealkylation sites (tertiary alicyclic amines) is 2. The first-order chi connectivity index (χ1) is 8.27. The fraction of sp³-hybridized carbons (Fsp3) is 1.00. The van der Waals surface area contributed by atoms with E-state index in [1.54, 1.807) is 0 Å². The number of piperidine rings is 2. The first kappa shape index (κ1) is 13.3. The molecule has 0 aliphatic carbocycles. The van der Waals surface area contributed by atoms with Crippen LogP contribution in [0, 0.1) is 0 Å². The van der Waals surface area contributed by atoms with Gasteiger partial charge in [-0.15, -0.1) is 0 Å². The molecule has 0 spiro atoms. The molecule has 0 bridgehead atoms. The van der Waals surface area contributed by atoms with Crippen molar-refractivity contribution in [2.45, 2.75) is 64.8 Å². The van der Waals surface area contributed by atoms with E-state index in [2.05, 4.69) is 23.6 Å². The van der Waals surface area contributed by atoms with Gasteiger partial charge in [-0.1, -0.05) is 12.8 Å². The molecule has 0 aromatic heterocycles. The summed E-state index contributed by atoms with van der Waals surface area (Å²) in [5.74, 6) is 0. The molecule has 0 amide bonds. The standard InChI is InChI=1S/C14H28N2O/c1-13(15-9-5-3-6-10-15)17-14(2)16-11-7-4-8-12-16/h13-14H,3-12H2,1-2H3. The molecule has 2 unspecified atom stereocenters. The second kappa shape index (κ2) is 6.72. The van der Waals surface area contributed by atoms with Gasteiger partial charge in [-0.3, -0.25) is 9.80 Å². The van der Waals surface area contributed by atoms with Crippen LogP contribution in [-0.2, 0) is 4.74 Å². The Hall–Kier alpha value is -0.120. The highest BCUT2D eigenvalue weighted by Gasteiger charge is 2.22. The Morgan fingerprint density at radius 1 is 0.647 bits per heavy atom. The van der Waals surface area contributed by atoms with Gasteiger partial charge in [0.1, 0.15) is 12.5 Å². The lowest BCUT2D eigenvalue weighted by Gasteiger charge is -2.38. The summed E-state index contributed by atoms with van der Waals surface area (Å²) in [5.41, 5.74) is 0. The third kappa shape index (κ3) is 3.94. The second-order valence-corrected chi connectivity index (χ2v) is 5.53. The molecule has 0 aromatic rings. The molecule has 2 heterocycles. The van der Waals surface area contributed by atoms with E-state index in [-0.39, 0.29) is 12.5 Å². The van der Waals surface area contributed by atoms with Crippen molar-refractivity contribution in [2.24, 2.45) is 0 Å². The molecule has 3 heteroatoms. The van der Waals surface area contributed by atoms with E-state index in [1.165, 1.54) is 64.7 Å². The lowest BCUT2D eigenvalue weighted by molar-refractivity contribution is -0.145. The molecular formula is C14H28N2O. The lowest BCUT2D eigenvalue weighted by atomic mass is 10.1. The molecule has 0 radical (unpaired) electrons. The topological polar surface area (TPSA) is 15.7 Å². The van der Waals surface area contributed by atoms with Crippen molar-refractivity contribution in [3.8, 4) is 0 Å². The maximum atomic E-state index is 6.18. The molecule has 2 aliphatic rings. The van der Waals surface area contributed by atoms with Crippen LogP contribution in [0.25, 0.3) is 0 Å². The van der Waals surface area contributed by atoms with E-state index in [9.17, 15) is 0 Å². The summed E-state index contributed by atoms with van der Waals surface area (Å²) in [6.07, 6.45) is 8.71. The van der Waals surface area contributed by atoms with E-state index in [0.29, 0.717) is 0 Å². The van der Waals surface area contributed by atoms with Gasteiger partial charge >= 0.3 is 0 Å². The summed E-state index contributed by atoms with van der Waals surface area (Å²) in [4.78, 5) is 4.98. The van der Waals surface area contributed by atoms with Crippen molar-refractivity contribution < 1.29 is 4.74 Å². The second-order valence-electron chi connectivity index (χ2n) is 5.53. The van der Waals surface area contributed by atoms with Crippen LogP contribution in [0.5, 0.6) is 0 Å². The highest BCUT2D eigenvalue weighted by molar-refractivity contribution is 4.69. The first-order valence-electron chi connectivity index (χ1n) is 7.41. The molecular weight excluding hydrogens is 212 g/mol. The van der Waals surface area contributed by atoms with Gasteiger partial charge in [-0.2, -0.15) is 0 Å². The maximum Gasteiger partial charge on any atom is 0.109 e. The highest BCUT2D eigenvalue weighted by atomic mass is 16.5. The Morgan fingerprint density at radius 3 is 1.35 bits per heavy atom. The van der Waals surface area contributed by atoms with E-state index in [4.69, 9.17) is 4.74 Å². The maximum absolute atomic E-state index is 6.18. The van der Waals surface area contributed by atoms with Crippen LogP contribution in [0.3, 0.4) is 0 Å². The molecule has 0 aromatic carbocycles. The summed E-state index contributed by atoms with van der Waals surface area (Å²) in [7, 11) is 0. The van der Waals surface area contributed by atoms with Crippen molar-refractivity contribution >= 4 is 0 Å². The Balaban J connectivity index is 1.74. The quantitative estimate of drug-likeness (QED) is 0.751. The van der Waals surface area contributed by atoms with Gasteiger partial charge in [0, 0.05) is 26.2 Å². The number of hydrogen-bond acceptors (Lipinski definition) is 3. The van der Waals surface area contributed by atoms with Gasteiger partial charge in [0.25, 0.3) is 0 Å². The third-order valence-electron chi connectivity index (χ3n) is 4.20. The van der Waals surface area contributed by atoms with Crippen LogP contribution in [-0.4, -0.2) is 48.4 Å². The average molecular weight is 240 g/mol. The number of nitrogens with zero attached hydrogens (tertiary/aromatic N) is 2. The normalized spacial score (nSPS) is 27.9. The Labute approximate surface area is 106 Å². The number of ether oxygens (including phenoxy) is 1. The van der Waals surface area contributed by atoms with Crippen molar-refractivity contribution in [3.63, 3.8) is 0 Å². The smallest absolute Gasteiger partial charge is 0.109 e. The minimum atomic E-state index is 0.284. The summed E-state index contributed by atoms with van der Waals surface area (Å²) >= 11 is 0. The third-order valence-corrected chi connectivity index (χ3v) is 4.20. The Bertz CT molecular complexity index is 188. The molecule has 100 valence electrons. The van der Waals surface area contributed by atoms with Crippen LogP contribution in [0.4, 0.5) is 0 Å². The zero-order valence-corrected chi connectivity index (χ0v) is 11.5. The van der Waals surface area contributed by atoms with Crippen LogP contribution in [0.15, 0.2) is 0 Å². The Morgan fingerprint density at radius 2 is 1.00 bits per heavy atom. The summed E-state index contributed by atoms with van der Waals surface area (Å²) in [5, 5.41) is 0. The molecule has 0 N–H and O–H groups in total. The predicted octanol–water partition coefficient (Wildman–Crippen LogP) is 2.67. The molecule has 2 atom stereocenters. The van der Waals surface area contributed by atoms with Gasteiger partial charge < -0.3 is 4.74 Å². The largest absolute Gasteiger partial charge is 0.345 e. The number of hydrogen-bond donors (Lipinski definition) is 0. The van der Waals surface area contributed by atoms with E-state index >= 15 is 0 Å². The van der Waals surface area contributed by atoms with Crippen molar-refractivity contribution in [3.05, 3.63) is 0 Å². The van der Waals surface area contributed by atoms with Gasteiger partial charge in [0.15, 0.2) is 0 Å². The molecule has 17 heavy (non-hydrogen) atoms. The molecule has 2 saturated heterocycles. The monoisotopic (exact) mass is 240 g/mol. The average Bonchev–Trinajstić information content (AvgIpc) is 2.40. The zero-order chi connectivity index (χ0) is 12.1. The van der Waals surface area contributed by atoms with Gasteiger partial charge in [-0.25, -0.2) is 0 Å². The first-order valence-corrected chi connectivity index (χ1v) is 7.41. The molecule has 2 fully saturated rings.